The molecule has 0 radical (unpaired) electrons. The minimum atomic E-state index is 0.475. The molecule has 1 heterocycles. The maximum Gasteiger partial charge on any atom is 0.00934 e. The Balaban J connectivity index is 2.12. The molecule has 0 saturated carbocycles. The highest BCUT2D eigenvalue weighted by Crippen LogP contribution is 2.27. The molecule has 0 spiro atoms. The molecule has 15 heavy (non-hydrogen) atoms. The van der Waals surface area contributed by atoms with Gasteiger partial charge in [-0.3, -0.25) is 0 Å². The van der Waals surface area contributed by atoms with E-state index in [-0.39, 0.29) is 0 Å². The molecular weight excluding hydrogens is 184 g/mol. The van der Waals surface area contributed by atoms with Crippen LogP contribution in [0.15, 0.2) is 24.3 Å². The first-order chi connectivity index (χ1) is 7.20. The summed E-state index contributed by atoms with van der Waals surface area (Å²) in [5, 5.41) is 0. The molecule has 2 N–H and O–H groups in total. The fourth-order valence-corrected chi connectivity index (χ4v) is 2.17. The van der Waals surface area contributed by atoms with E-state index in [4.69, 9.17) is 5.73 Å². The smallest absolute Gasteiger partial charge is 0.00934 e. The molecular formula is C13H20N2. The molecule has 1 atom stereocenters. The number of hydrogen-bond donors (Lipinski definition) is 1. The van der Waals surface area contributed by atoms with Gasteiger partial charge < -0.3 is 10.6 Å². The van der Waals surface area contributed by atoms with E-state index in [1.165, 1.54) is 24.2 Å². The van der Waals surface area contributed by atoms with Crippen LogP contribution in [0.3, 0.4) is 0 Å². The third kappa shape index (κ3) is 2.21. The summed E-state index contributed by atoms with van der Waals surface area (Å²) in [6.45, 7) is 5.31. The number of hydrogen-bond acceptors (Lipinski definition) is 2. The Bertz CT molecular complexity index is 329. The molecule has 2 rings (SSSR count). The normalized spacial score (nSPS) is 19.9. The molecule has 82 valence electrons. The molecule has 2 nitrogen and oxygen atoms in total. The van der Waals surface area contributed by atoms with E-state index in [1.54, 1.807) is 0 Å². The number of likely N-dealkylation sites (N-methyl/N-ethyl adjacent to an activating group) is 1. The van der Waals surface area contributed by atoms with E-state index >= 15 is 0 Å². The predicted molar refractivity (Wildman–Crippen MR) is 64.1 cm³/mol. The van der Waals surface area contributed by atoms with Gasteiger partial charge in [-0.05, 0) is 30.6 Å². The van der Waals surface area contributed by atoms with Crippen LogP contribution in [0.1, 0.15) is 29.9 Å². The van der Waals surface area contributed by atoms with E-state index < -0.39 is 0 Å². The van der Waals surface area contributed by atoms with Gasteiger partial charge in [-0.25, -0.2) is 0 Å². The van der Waals surface area contributed by atoms with Gasteiger partial charge in [0, 0.05) is 19.0 Å². The minimum absolute atomic E-state index is 0.475. The Kier molecular flexibility index (Phi) is 3.08. The standard InChI is InChI=1S/C13H20N2/c1-10(7-14)11-4-3-5-12(6-11)13-8-15(2)9-13/h3-6,10,13H,7-9,14H2,1-2H3. The summed E-state index contributed by atoms with van der Waals surface area (Å²) in [4.78, 5) is 2.35. The van der Waals surface area contributed by atoms with Crippen LogP contribution in [0.4, 0.5) is 0 Å². The Morgan fingerprint density at radius 3 is 2.80 bits per heavy atom. The Morgan fingerprint density at radius 1 is 1.47 bits per heavy atom. The number of nitrogens with two attached hydrogens (primary N) is 1. The molecule has 1 unspecified atom stereocenters. The van der Waals surface area contributed by atoms with Crippen molar-refractivity contribution in [3.05, 3.63) is 35.4 Å². The molecule has 1 aliphatic rings. The van der Waals surface area contributed by atoms with E-state index in [2.05, 4.69) is 43.1 Å². The zero-order chi connectivity index (χ0) is 10.8. The largest absolute Gasteiger partial charge is 0.330 e. The fraction of sp³-hybridized carbons (Fsp3) is 0.538. The van der Waals surface area contributed by atoms with Crippen molar-refractivity contribution in [2.75, 3.05) is 26.7 Å². The van der Waals surface area contributed by atoms with Crippen LogP contribution in [0.5, 0.6) is 0 Å². The summed E-state index contributed by atoms with van der Waals surface area (Å²) in [6.07, 6.45) is 0. The number of likely N-dealkylation sites (tertiary alicyclic amines) is 1. The van der Waals surface area contributed by atoms with Crippen molar-refractivity contribution in [2.45, 2.75) is 18.8 Å². The van der Waals surface area contributed by atoms with Crippen molar-refractivity contribution < 1.29 is 0 Å². The second kappa shape index (κ2) is 4.33. The number of nitrogens with zero attached hydrogens (tertiary/aromatic N) is 1. The van der Waals surface area contributed by atoms with Crippen LogP contribution >= 0.6 is 0 Å². The van der Waals surface area contributed by atoms with Gasteiger partial charge in [0.05, 0.1) is 0 Å². The summed E-state index contributed by atoms with van der Waals surface area (Å²) in [6, 6.07) is 8.91. The lowest BCUT2D eigenvalue weighted by Crippen LogP contribution is -2.41. The average molecular weight is 204 g/mol. The first-order valence-corrected chi connectivity index (χ1v) is 5.69. The third-order valence-corrected chi connectivity index (χ3v) is 3.37. The summed E-state index contributed by atoms with van der Waals surface area (Å²) >= 11 is 0. The van der Waals surface area contributed by atoms with Gasteiger partial charge >= 0.3 is 0 Å². The van der Waals surface area contributed by atoms with Crippen LogP contribution in [0.25, 0.3) is 0 Å². The van der Waals surface area contributed by atoms with Crippen molar-refractivity contribution in [3.63, 3.8) is 0 Å². The van der Waals surface area contributed by atoms with Crippen LogP contribution in [0.2, 0.25) is 0 Å². The Hall–Kier alpha value is -0.860. The Labute approximate surface area is 92.1 Å². The topological polar surface area (TPSA) is 29.3 Å². The van der Waals surface area contributed by atoms with Gasteiger partial charge in [0.25, 0.3) is 0 Å². The zero-order valence-corrected chi connectivity index (χ0v) is 9.61. The lowest BCUT2D eigenvalue weighted by Gasteiger charge is -2.36. The fourth-order valence-electron chi connectivity index (χ4n) is 2.17. The molecule has 0 bridgehead atoms. The highest BCUT2D eigenvalue weighted by Gasteiger charge is 2.24. The second-order valence-corrected chi connectivity index (χ2v) is 4.73. The zero-order valence-electron chi connectivity index (χ0n) is 9.61. The van der Waals surface area contributed by atoms with Gasteiger partial charge in [-0.2, -0.15) is 0 Å². The van der Waals surface area contributed by atoms with E-state index in [9.17, 15) is 0 Å². The SMILES string of the molecule is CC(CN)c1cccc(C2CN(C)C2)c1. The monoisotopic (exact) mass is 204 g/mol. The predicted octanol–water partition coefficient (Wildman–Crippen LogP) is 1.78. The van der Waals surface area contributed by atoms with Crippen LogP contribution < -0.4 is 5.73 Å². The lowest BCUT2D eigenvalue weighted by atomic mass is 9.89. The maximum absolute atomic E-state index is 5.69. The summed E-state index contributed by atoms with van der Waals surface area (Å²) in [5.74, 6) is 1.21. The number of benzene rings is 1. The van der Waals surface area contributed by atoms with Crippen molar-refractivity contribution >= 4 is 0 Å². The third-order valence-electron chi connectivity index (χ3n) is 3.37. The van der Waals surface area contributed by atoms with Crippen molar-refractivity contribution in [1.29, 1.82) is 0 Å². The Morgan fingerprint density at radius 2 is 2.20 bits per heavy atom. The molecule has 2 heteroatoms. The van der Waals surface area contributed by atoms with Crippen molar-refractivity contribution in [1.82, 2.24) is 4.90 Å². The van der Waals surface area contributed by atoms with Gasteiger partial charge in [0.15, 0.2) is 0 Å². The van der Waals surface area contributed by atoms with Gasteiger partial charge in [0.2, 0.25) is 0 Å². The summed E-state index contributed by atoms with van der Waals surface area (Å²) in [7, 11) is 2.17. The minimum Gasteiger partial charge on any atom is -0.330 e. The molecule has 1 saturated heterocycles. The molecule has 1 aliphatic heterocycles. The molecule has 0 aromatic heterocycles. The molecule has 0 aliphatic carbocycles. The van der Waals surface area contributed by atoms with Gasteiger partial charge in [0.1, 0.15) is 0 Å². The molecule has 1 aromatic carbocycles. The van der Waals surface area contributed by atoms with E-state index in [1.807, 2.05) is 0 Å². The van der Waals surface area contributed by atoms with E-state index in [0.717, 1.165) is 12.5 Å². The lowest BCUT2D eigenvalue weighted by molar-refractivity contribution is 0.189. The van der Waals surface area contributed by atoms with Crippen molar-refractivity contribution in [2.24, 2.45) is 5.73 Å². The highest BCUT2D eigenvalue weighted by atomic mass is 15.2. The summed E-state index contributed by atoms with van der Waals surface area (Å²) in [5.41, 5.74) is 8.55. The summed E-state index contributed by atoms with van der Waals surface area (Å²) < 4.78 is 0. The van der Waals surface area contributed by atoms with Crippen LogP contribution in [-0.4, -0.2) is 31.6 Å². The molecule has 1 aromatic rings. The first kappa shape index (κ1) is 10.7. The van der Waals surface area contributed by atoms with Crippen LogP contribution in [0, 0.1) is 0 Å². The van der Waals surface area contributed by atoms with E-state index in [0.29, 0.717) is 5.92 Å². The first-order valence-electron chi connectivity index (χ1n) is 5.69. The van der Waals surface area contributed by atoms with Crippen LogP contribution in [-0.2, 0) is 0 Å². The maximum atomic E-state index is 5.69. The van der Waals surface area contributed by atoms with Gasteiger partial charge in [-0.15, -0.1) is 0 Å². The van der Waals surface area contributed by atoms with Gasteiger partial charge in [-0.1, -0.05) is 31.2 Å². The average Bonchev–Trinajstić information content (AvgIpc) is 2.24. The molecule has 0 amide bonds. The second-order valence-electron chi connectivity index (χ2n) is 4.73. The molecule has 1 fully saturated rings. The number of rotatable bonds is 3. The van der Waals surface area contributed by atoms with Crippen molar-refractivity contribution in [3.8, 4) is 0 Å². The highest BCUT2D eigenvalue weighted by molar-refractivity contribution is 5.30. The quantitative estimate of drug-likeness (QED) is 0.813.